The number of aryl methyl sites for hydroxylation is 1. The zero-order chi connectivity index (χ0) is 11.9. The quantitative estimate of drug-likeness (QED) is 0.781. The molecule has 1 aromatic carbocycles. The summed E-state index contributed by atoms with van der Waals surface area (Å²) in [6.45, 7) is 2.79. The van der Waals surface area contributed by atoms with Crippen LogP contribution in [0.5, 0.6) is 5.75 Å². The SMILES string of the molecule is CCc1ccc(CCOc2cc[c]cc2)nc1. The van der Waals surface area contributed by atoms with Crippen LogP contribution >= 0.6 is 0 Å². The Hall–Kier alpha value is -1.83. The zero-order valence-electron chi connectivity index (χ0n) is 10.0. The lowest BCUT2D eigenvalue weighted by atomic mass is 10.2. The maximum atomic E-state index is 5.61. The second-order valence-corrected chi connectivity index (χ2v) is 3.85. The van der Waals surface area contributed by atoms with Crippen molar-refractivity contribution in [1.29, 1.82) is 0 Å². The number of aromatic nitrogens is 1. The Kier molecular flexibility index (Phi) is 4.14. The second-order valence-electron chi connectivity index (χ2n) is 3.85. The van der Waals surface area contributed by atoms with Gasteiger partial charge in [-0.15, -0.1) is 0 Å². The van der Waals surface area contributed by atoms with E-state index in [4.69, 9.17) is 4.74 Å². The lowest BCUT2D eigenvalue weighted by Gasteiger charge is -2.05. The van der Waals surface area contributed by atoms with Crippen molar-refractivity contribution in [2.45, 2.75) is 19.8 Å². The van der Waals surface area contributed by atoms with Gasteiger partial charge in [0.05, 0.1) is 6.61 Å². The van der Waals surface area contributed by atoms with Gasteiger partial charge in [0.2, 0.25) is 0 Å². The lowest BCUT2D eigenvalue weighted by Crippen LogP contribution is -2.02. The van der Waals surface area contributed by atoms with Crippen molar-refractivity contribution in [1.82, 2.24) is 4.98 Å². The normalized spacial score (nSPS) is 10.2. The van der Waals surface area contributed by atoms with Crippen molar-refractivity contribution in [3.8, 4) is 5.75 Å². The van der Waals surface area contributed by atoms with Crippen molar-refractivity contribution >= 4 is 0 Å². The third-order valence-corrected chi connectivity index (χ3v) is 2.61. The zero-order valence-corrected chi connectivity index (χ0v) is 10.0. The summed E-state index contributed by atoms with van der Waals surface area (Å²) in [7, 11) is 0. The molecule has 1 radical (unpaired) electrons. The Bertz CT molecular complexity index is 436. The second kappa shape index (κ2) is 6.04. The molecule has 0 amide bonds. The van der Waals surface area contributed by atoms with E-state index in [1.54, 1.807) is 0 Å². The summed E-state index contributed by atoms with van der Waals surface area (Å²) in [5.41, 5.74) is 2.35. The maximum Gasteiger partial charge on any atom is 0.119 e. The maximum absolute atomic E-state index is 5.61. The summed E-state index contributed by atoms with van der Waals surface area (Å²) < 4.78 is 5.61. The first-order valence-corrected chi connectivity index (χ1v) is 5.91. The summed E-state index contributed by atoms with van der Waals surface area (Å²) in [5, 5.41) is 0. The molecule has 1 aromatic heterocycles. The minimum Gasteiger partial charge on any atom is -0.493 e. The molecule has 0 aliphatic carbocycles. The molecule has 1 heterocycles. The van der Waals surface area contributed by atoms with E-state index in [0.29, 0.717) is 6.61 Å². The molecular formula is C15H16NO. The molecule has 0 atom stereocenters. The third kappa shape index (κ3) is 3.59. The van der Waals surface area contributed by atoms with Gasteiger partial charge in [-0.1, -0.05) is 25.1 Å². The van der Waals surface area contributed by atoms with Crippen LogP contribution in [0, 0.1) is 6.07 Å². The average Bonchev–Trinajstić information content (AvgIpc) is 2.41. The summed E-state index contributed by atoms with van der Waals surface area (Å²) >= 11 is 0. The molecule has 17 heavy (non-hydrogen) atoms. The highest BCUT2D eigenvalue weighted by atomic mass is 16.5. The molecule has 0 unspecified atom stereocenters. The molecule has 0 saturated heterocycles. The van der Waals surface area contributed by atoms with Crippen LogP contribution in [0.15, 0.2) is 42.6 Å². The number of ether oxygens (including phenoxy) is 1. The Balaban J connectivity index is 1.82. The summed E-state index contributed by atoms with van der Waals surface area (Å²) in [6, 6.07) is 14.7. The van der Waals surface area contributed by atoms with Crippen LogP contribution in [0.1, 0.15) is 18.2 Å². The van der Waals surface area contributed by atoms with Gasteiger partial charge in [0.1, 0.15) is 5.75 Å². The molecule has 0 aliphatic heterocycles. The van der Waals surface area contributed by atoms with Crippen LogP contribution < -0.4 is 4.74 Å². The van der Waals surface area contributed by atoms with Crippen molar-refractivity contribution in [2.24, 2.45) is 0 Å². The molecule has 2 nitrogen and oxygen atoms in total. The number of hydrogen-bond acceptors (Lipinski definition) is 2. The largest absolute Gasteiger partial charge is 0.493 e. The topological polar surface area (TPSA) is 22.1 Å². The highest BCUT2D eigenvalue weighted by Gasteiger charge is 1.96. The van der Waals surface area contributed by atoms with Gasteiger partial charge in [0.25, 0.3) is 0 Å². The van der Waals surface area contributed by atoms with Gasteiger partial charge in [-0.05, 0) is 36.2 Å². The number of rotatable bonds is 5. The monoisotopic (exact) mass is 226 g/mol. The van der Waals surface area contributed by atoms with Gasteiger partial charge >= 0.3 is 0 Å². The van der Waals surface area contributed by atoms with E-state index in [-0.39, 0.29) is 0 Å². The molecule has 87 valence electrons. The summed E-state index contributed by atoms with van der Waals surface area (Å²) in [6.07, 6.45) is 3.81. The third-order valence-electron chi connectivity index (χ3n) is 2.61. The molecule has 0 aliphatic rings. The summed E-state index contributed by atoms with van der Waals surface area (Å²) in [5.74, 6) is 0.883. The first-order valence-electron chi connectivity index (χ1n) is 5.91. The Morgan fingerprint density at radius 2 is 2.00 bits per heavy atom. The van der Waals surface area contributed by atoms with Gasteiger partial charge in [-0.2, -0.15) is 0 Å². The number of hydrogen-bond donors (Lipinski definition) is 0. The van der Waals surface area contributed by atoms with E-state index in [1.807, 2.05) is 30.5 Å². The number of nitrogens with zero attached hydrogens (tertiary/aromatic N) is 1. The van der Waals surface area contributed by atoms with Crippen LogP contribution in [0.3, 0.4) is 0 Å². The molecule has 0 bridgehead atoms. The van der Waals surface area contributed by atoms with Crippen LogP contribution in [0.2, 0.25) is 0 Å². The van der Waals surface area contributed by atoms with Crippen LogP contribution in [-0.4, -0.2) is 11.6 Å². The molecule has 2 rings (SSSR count). The van der Waals surface area contributed by atoms with Gasteiger partial charge in [0.15, 0.2) is 0 Å². The van der Waals surface area contributed by atoms with Crippen molar-refractivity contribution in [3.05, 3.63) is 59.9 Å². The fourth-order valence-electron chi connectivity index (χ4n) is 1.55. The minimum absolute atomic E-state index is 0.655. The minimum atomic E-state index is 0.655. The predicted octanol–water partition coefficient (Wildman–Crippen LogP) is 3.07. The smallest absolute Gasteiger partial charge is 0.119 e. The van der Waals surface area contributed by atoms with E-state index in [0.717, 1.165) is 24.3 Å². The fraction of sp³-hybridized carbons (Fsp3) is 0.267. The van der Waals surface area contributed by atoms with Crippen molar-refractivity contribution in [2.75, 3.05) is 6.61 Å². The highest BCUT2D eigenvalue weighted by Crippen LogP contribution is 2.08. The van der Waals surface area contributed by atoms with Gasteiger partial charge in [0, 0.05) is 18.3 Å². The fourth-order valence-corrected chi connectivity index (χ4v) is 1.55. The molecule has 2 aromatic rings. The molecule has 2 heteroatoms. The standard InChI is InChI=1S/C15H16NO/c1-2-13-8-9-14(16-12-13)10-11-17-15-6-4-3-5-7-15/h4-9,12H,2,10-11H2,1H3. The molecular weight excluding hydrogens is 210 g/mol. The first kappa shape index (κ1) is 11.6. The van der Waals surface area contributed by atoms with Crippen LogP contribution in [0.4, 0.5) is 0 Å². The molecule has 0 saturated carbocycles. The molecule has 0 fully saturated rings. The lowest BCUT2D eigenvalue weighted by molar-refractivity contribution is 0.320. The summed E-state index contributed by atoms with van der Waals surface area (Å²) in [4.78, 5) is 4.39. The first-order chi connectivity index (χ1) is 8.38. The van der Waals surface area contributed by atoms with Crippen LogP contribution in [0.25, 0.3) is 0 Å². The van der Waals surface area contributed by atoms with E-state index in [2.05, 4.69) is 30.1 Å². The van der Waals surface area contributed by atoms with E-state index in [9.17, 15) is 0 Å². The Morgan fingerprint density at radius 3 is 2.65 bits per heavy atom. The van der Waals surface area contributed by atoms with E-state index < -0.39 is 0 Å². The van der Waals surface area contributed by atoms with Crippen molar-refractivity contribution in [3.63, 3.8) is 0 Å². The molecule has 0 N–H and O–H groups in total. The number of pyridine rings is 1. The van der Waals surface area contributed by atoms with E-state index in [1.165, 1.54) is 5.56 Å². The van der Waals surface area contributed by atoms with Gasteiger partial charge in [-0.25, -0.2) is 0 Å². The average molecular weight is 226 g/mol. The van der Waals surface area contributed by atoms with E-state index >= 15 is 0 Å². The number of benzene rings is 1. The highest BCUT2D eigenvalue weighted by molar-refractivity contribution is 5.20. The Labute approximate surface area is 102 Å². The predicted molar refractivity (Wildman–Crippen MR) is 68.1 cm³/mol. The Morgan fingerprint density at radius 1 is 1.18 bits per heavy atom. The van der Waals surface area contributed by atoms with Gasteiger partial charge in [-0.3, -0.25) is 4.98 Å². The van der Waals surface area contributed by atoms with Gasteiger partial charge < -0.3 is 4.74 Å². The van der Waals surface area contributed by atoms with Crippen molar-refractivity contribution < 1.29 is 4.74 Å². The van der Waals surface area contributed by atoms with Crippen LogP contribution in [-0.2, 0) is 12.8 Å². The molecule has 0 spiro atoms.